The summed E-state index contributed by atoms with van der Waals surface area (Å²) < 4.78 is 12.9. The lowest BCUT2D eigenvalue weighted by Crippen LogP contribution is -2.34. The standard InChI is InChI=1S/C21H26FN/c22-21-10-8-19(9-11-21)17-20-12-15-23(16-13-20)14-4-7-18-5-2-1-3-6-18/h2,4-11,20H,1,3,12-17H2. The molecule has 1 saturated heterocycles. The number of nitrogens with zero attached hydrogens (tertiary/aromatic N) is 1. The molecule has 0 N–H and O–H groups in total. The second-order valence-corrected chi connectivity index (χ2v) is 6.66. The Bertz CT molecular complexity index is 574. The molecule has 23 heavy (non-hydrogen) atoms. The Hall–Kier alpha value is -1.67. The van der Waals surface area contributed by atoms with E-state index in [1.807, 2.05) is 12.1 Å². The van der Waals surface area contributed by atoms with Crippen LogP contribution < -0.4 is 0 Å². The zero-order chi connectivity index (χ0) is 15.9. The minimum atomic E-state index is -0.140. The summed E-state index contributed by atoms with van der Waals surface area (Å²) in [5.74, 6) is 0.600. The van der Waals surface area contributed by atoms with E-state index < -0.39 is 0 Å². The zero-order valence-electron chi connectivity index (χ0n) is 13.8. The van der Waals surface area contributed by atoms with Gasteiger partial charge in [-0.1, -0.05) is 42.5 Å². The van der Waals surface area contributed by atoms with Gasteiger partial charge in [0.05, 0.1) is 0 Å². The van der Waals surface area contributed by atoms with Gasteiger partial charge in [0.2, 0.25) is 0 Å². The van der Waals surface area contributed by atoms with Crippen molar-refractivity contribution in [3.8, 4) is 0 Å². The number of allylic oxidation sites excluding steroid dienone is 5. The van der Waals surface area contributed by atoms with Crippen LogP contribution in [0, 0.1) is 11.7 Å². The number of halogens is 1. The Morgan fingerprint density at radius 3 is 2.57 bits per heavy atom. The first-order valence-electron chi connectivity index (χ1n) is 8.79. The Labute approximate surface area is 139 Å². The van der Waals surface area contributed by atoms with E-state index >= 15 is 0 Å². The third-order valence-corrected chi connectivity index (χ3v) is 4.84. The van der Waals surface area contributed by atoms with Gasteiger partial charge in [0.1, 0.15) is 5.82 Å². The van der Waals surface area contributed by atoms with Gasteiger partial charge >= 0.3 is 0 Å². The molecule has 2 aliphatic rings. The zero-order valence-corrected chi connectivity index (χ0v) is 13.8. The topological polar surface area (TPSA) is 3.24 Å². The van der Waals surface area contributed by atoms with E-state index in [9.17, 15) is 4.39 Å². The van der Waals surface area contributed by atoms with Crippen molar-refractivity contribution < 1.29 is 4.39 Å². The first-order valence-corrected chi connectivity index (χ1v) is 8.79. The van der Waals surface area contributed by atoms with Crippen LogP contribution in [-0.4, -0.2) is 24.5 Å². The number of rotatable bonds is 5. The van der Waals surface area contributed by atoms with Crippen LogP contribution in [-0.2, 0) is 6.42 Å². The van der Waals surface area contributed by atoms with E-state index in [0.29, 0.717) is 0 Å². The summed E-state index contributed by atoms with van der Waals surface area (Å²) in [6.45, 7) is 3.39. The average molecular weight is 311 g/mol. The summed E-state index contributed by atoms with van der Waals surface area (Å²) in [6, 6.07) is 7.00. The first-order chi connectivity index (χ1) is 11.3. The van der Waals surface area contributed by atoms with Gasteiger partial charge in [0.25, 0.3) is 0 Å². The summed E-state index contributed by atoms with van der Waals surface area (Å²) >= 11 is 0. The highest BCUT2D eigenvalue weighted by Crippen LogP contribution is 2.22. The quantitative estimate of drug-likeness (QED) is 0.746. The highest BCUT2D eigenvalue weighted by molar-refractivity contribution is 5.32. The SMILES string of the molecule is Fc1ccc(CC2CCN(CC=CC3=CCCC=C3)CC2)cc1. The van der Waals surface area contributed by atoms with Gasteiger partial charge in [-0.05, 0) is 74.4 Å². The molecule has 122 valence electrons. The maximum atomic E-state index is 12.9. The van der Waals surface area contributed by atoms with Crippen molar-refractivity contribution in [3.63, 3.8) is 0 Å². The van der Waals surface area contributed by atoms with Gasteiger partial charge in [-0.25, -0.2) is 4.39 Å². The Balaban J connectivity index is 1.40. The number of benzene rings is 1. The Kier molecular flexibility index (Phi) is 5.82. The number of hydrogen-bond donors (Lipinski definition) is 0. The molecular weight excluding hydrogens is 285 g/mol. The maximum absolute atomic E-state index is 12.9. The van der Waals surface area contributed by atoms with Crippen LogP contribution in [0.3, 0.4) is 0 Å². The normalized spacial score (nSPS) is 20.1. The van der Waals surface area contributed by atoms with Crippen molar-refractivity contribution in [3.05, 3.63) is 71.6 Å². The van der Waals surface area contributed by atoms with Gasteiger partial charge in [0, 0.05) is 6.54 Å². The van der Waals surface area contributed by atoms with Crippen LogP contribution in [0.5, 0.6) is 0 Å². The van der Waals surface area contributed by atoms with E-state index in [1.165, 1.54) is 49.9 Å². The molecule has 1 aromatic rings. The highest BCUT2D eigenvalue weighted by Gasteiger charge is 2.18. The van der Waals surface area contributed by atoms with Gasteiger partial charge in [-0.3, -0.25) is 4.90 Å². The maximum Gasteiger partial charge on any atom is 0.123 e. The van der Waals surface area contributed by atoms with Crippen LogP contribution >= 0.6 is 0 Å². The minimum Gasteiger partial charge on any atom is -0.300 e. The lowest BCUT2D eigenvalue weighted by molar-refractivity contribution is 0.200. The molecule has 0 aromatic heterocycles. The fourth-order valence-electron chi connectivity index (χ4n) is 3.42. The monoisotopic (exact) mass is 311 g/mol. The molecule has 0 spiro atoms. The molecule has 1 fully saturated rings. The number of likely N-dealkylation sites (tertiary alicyclic amines) is 1. The summed E-state index contributed by atoms with van der Waals surface area (Å²) in [5, 5.41) is 0. The largest absolute Gasteiger partial charge is 0.300 e. The summed E-state index contributed by atoms with van der Waals surface area (Å²) in [6.07, 6.45) is 17.2. The molecule has 1 nitrogen and oxygen atoms in total. The third-order valence-electron chi connectivity index (χ3n) is 4.84. The molecule has 0 saturated carbocycles. The molecule has 2 heteroatoms. The fourth-order valence-corrected chi connectivity index (χ4v) is 3.42. The molecule has 0 bridgehead atoms. The summed E-state index contributed by atoms with van der Waals surface area (Å²) in [7, 11) is 0. The van der Waals surface area contributed by atoms with E-state index in [-0.39, 0.29) is 5.82 Å². The van der Waals surface area contributed by atoms with E-state index in [0.717, 1.165) is 18.9 Å². The van der Waals surface area contributed by atoms with E-state index in [2.05, 4.69) is 35.3 Å². The fraction of sp³-hybridized carbons (Fsp3) is 0.429. The van der Waals surface area contributed by atoms with Crippen LogP contribution in [0.25, 0.3) is 0 Å². The van der Waals surface area contributed by atoms with E-state index in [1.54, 1.807) is 12.1 Å². The van der Waals surface area contributed by atoms with Gasteiger partial charge in [0.15, 0.2) is 0 Å². The van der Waals surface area contributed by atoms with Crippen LogP contribution in [0.15, 0.2) is 60.2 Å². The van der Waals surface area contributed by atoms with Gasteiger partial charge in [-0.15, -0.1) is 0 Å². The summed E-state index contributed by atoms with van der Waals surface area (Å²) in [5.41, 5.74) is 2.61. The second kappa shape index (κ2) is 8.26. The van der Waals surface area contributed by atoms with Crippen LogP contribution in [0.1, 0.15) is 31.2 Å². The molecule has 0 radical (unpaired) electrons. The molecule has 0 atom stereocenters. The highest BCUT2D eigenvalue weighted by atomic mass is 19.1. The molecule has 0 unspecified atom stereocenters. The van der Waals surface area contributed by atoms with Crippen LogP contribution in [0.2, 0.25) is 0 Å². The van der Waals surface area contributed by atoms with Crippen LogP contribution in [0.4, 0.5) is 4.39 Å². The van der Waals surface area contributed by atoms with Crippen molar-refractivity contribution in [2.45, 2.75) is 32.1 Å². The second-order valence-electron chi connectivity index (χ2n) is 6.66. The molecule has 1 aromatic carbocycles. The summed E-state index contributed by atoms with van der Waals surface area (Å²) in [4.78, 5) is 2.53. The smallest absolute Gasteiger partial charge is 0.123 e. The molecular formula is C21H26FN. The minimum absolute atomic E-state index is 0.140. The van der Waals surface area contributed by atoms with Crippen molar-refractivity contribution in [1.29, 1.82) is 0 Å². The lowest BCUT2D eigenvalue weighted by Gasteiger charge is -2.31. The van der Waals surface area contributed by atoms with Crippen molar-refractivity contribution in [1.82, 2.24) is 4.90 Å². The molecule has 0 amide bonds. The lowest BCUT2D eigenvalue weighted by atomic mass is 9.90. The van der Waals surface area contributed by atoms with Gasteiger partial charge < -0.3 is 0 Å². The predicted molar refractivity (Wildman–Crippen MR) is 94.9 cm³/mol. The third kappa shape index (κ3) is 5.18. The van der Waals surface area contributed by atoms with Crippen molar-refractivity contribution >= 4 is 0 Å². The van der Waals surface area contributed by atoms with E-state index in [4.69, 9.17) is 0 Å². The van der Waals surface area contributed by atoms with Gasteiger partial charge in [-0.2, -0.15) is 0 Å². The first kappa shape index (κ1) is 16.2. The molecule has 3 rings (SSSR count). The number of piperidine rings is 1. The number of hydrogen-bond acceptors (Lipinski definition) is 1. The Morgan fingerprint density at radius 1 is 1.09 bits per heavy atom. The average Bonchev–Trinajstić information content (AvgIpc) is 2.59. The molecule has 1 aliphatic heterocycles. The Morgan fingerprint density at radius 2 is 1.87 bits per heavy atom. The van der Waals surface area contributed by atoms with Crippen molar-refractivity contribution in [2.75, 3.05) is 19.6 Å². The van der Waals surface area contributed by atoms with Crippen molar-refractivity contribution in [2.24, 2.45) is 5.92 Å². The predicted octanol–water partition coefficient (Wildman–Crippen LogP) is 4.91. The molecule has 1 aliphatic carbocycles. The molecule has 1 heterocycles.